The van der Waals surface area contributed by atoms with Gasteiger partial charge in [0.1, 0.15) is 5.01 Å². The minimum atomic E-state index is -0.781. The van der Waals surface area contributed by atoms with Crippen molar-refractivity contribution in [2.24, 2.45) is 0 Å². The van der Waals surface area contributed by atoms with E-state index < -0.39 is 5.97 Å². The van der Waals surface area contributed by atoms with Crippen LogP contribution in [0.5, 0.6) is 0 Å². The molecule has 0 aliphatic heterocycles. The Morgan fingerprint density at radius 1 is 1.67 bits per heavy atom. The van der Waals surface area contributed by atoms with Crippen molar-refractivity contribution < 1.29 is 9.90 Å². The highest BCUT2D eigenvalue weighted by atomic mass is 32.1. The van der Waals surface area contributed by atoms with Crippen molar-refractivity contribution in [1.82, 2.24) is 9.88 Å². The van der Waals surface area contributed by atoms with Gasteiger partial charge in [-0.1, -0.05) is 6.92 Å². The molecule has 0 spiro atoms. The average Bonchev–Trinajstić information content (AvgIpc) is 2.50. The minimum absolute atomic E-state index is 0.0897. The first-order chi connectivity index (χ1) is 7.11. The van der Waals surface area contributed by atoms with Gasteiger partial charge in [0.25, 0.3) is 0 Å². The molecule has 84 valence electrons. The van der Waals surface area contributed by atoms with Crippen LogP contribution in [0.25, 0.3) is 0 Å². The van der Waals surface area contributed by atoms with E-state index in [2.05, 4.69) is 4.98 Å². The second kappa shape index (κ2) is 5.82. The van der Waals surface area contributed by atoms with E-state index in [1.807, 2.05) is 24.1 Å². The number of carbonyl (C=O) groups is 1. The zero-order valence-corrected chi connectivity index (χ0v) is 9.88. The van der Waals surface area contributed by atoms with Crippen LogP contribution in [-0.2, 0) is 11.3 Å². The molecule has 1 aromatic heterocycles. The normalized spacial score (nSPS) is 10.9. The molecule has 0 unspecified atom stereocenters. The summed E-state index contributed by atoms with van der Waals surface area (Å²) in [5, 5.41) is 11.7. The lowest BCUT2D eigenvalue weighted by atomic mass is 10.4. The maximum atomic E-state index is 10.6. The molecule has 0 aliphatic rings. The second-order valence-corrected chi connectivity index (χ2v) is 4.43. The molecule has 4 nitrogen and oxygen atoms in total. The summed E-state index contributed by atoms with van der Waals surface area (Å²) in [7, 11) is 0. The molecular formula is C10H16N2O2S. The Balaban J connectivity index is 2.53. The largest absolute Gasteiger partial charge is 0.480 e. The van der Waals surface area contributed by atoms with Gasteiger partial charge >= 0.3 is 5.97 Å². The van der Waals surface area contributed by atoms with Crippen molar-refractivity contribution in [2.45, 2.75) is 26.8 Å². The molecule has 0 saturated carbocycles. The van der Waals surface area contributed by atoms with E-state index in [9.17, 15) is 4.79 Å². The Bertz CT molecular complexity index is 325. The van der Waals surface area contributed by atoms with Crippen LogP contribution in [-0.4, -0.2) is 34.0 Å². The predicted molar refractivity (Wildman–Crippen MR) is 60.1 cm³/mol. The van der Waals surface area contributed by atoms with Crippen LogP contribution < -0.4 is 0 Å². The zero-order valence-electron chi connectivity index (χ0n) is 9.06. The molecular weight excluding hydrogens is 212 g/mol. The predicted octanol–water partition coefficient (Wildman–Crippen LogP) is 1.75. The molecule has 1 N–H and O–H groups in total. The van der Waals surface area contributed by atoms with E-state index in [-0.39, 0.29) is 6.54 Å². The van der Waals surface area contributed by atoms with Crippen LogP contribution in [0.15, 0.2) is 5.38 Å². The fourth-order valence-electron chi connectivity index (χ4n) is 1.39. The second-order valence-electron chi connectivity index (χ2n) is 3.49. The van der Waals surface area contributed by atoms with Gasteiger partial charge in [-0.25, -0.2) is 4.98 Å². The number of carboxylic acids is 1. The van der Waals surface area contributed by atoms with Crippen LogP contribution in [0.2, 0.25) is 0 Å². The summed E-state index contributed by atoms with van der Waals surface area (Å²) >= 11 is 1.59. The van der Waals surface area contributed by atoms with Crippen LogP contribution in [0.3, 0.4) is 0 Å². The Morgan fingerprint density at radius 2 is 2.40 bits per heavy atom. The number of nitrogens with zero attached hydrogens (tertiary/aromatic N) is 2. The first-order valence-electron chi connectivity index (χ1n) is 4.97. The van der Waals surface area contributed by atoms with E-state index in [0.29, 0.717) is 6.54 Å². The number of hydrogen-bond donors (Lipinski definition) is 1. The average molecular weight is 228 g/mol. The first-order valence-corrected chi connectivity index (χ1v) is 5.85. The van der Waals surface area contributed by atoms with Crippen molar-refractivity contribution >= 4 is 17.3 Å². The molecule has 0 bridgehead atoms. The van der Waals surface area contributed by atoms with E-state index in [4.69, 9.17) is 5.11 Å². The van der Waals surface area contributed by atoms with Gasteiger partial charge in [-0.15, -0.1) is 11.3 Å². The fraction of sp³-hybridized carbons (Fsp3) is 0.600. The number of rotatable bonds is 6. The summed E-state index contributed by atoms with van der Waals surface area (Å²) in [6.45, 7) is 5.51. The van der Waals surface area contributed by atoms with Crippen molar-refractivity contribution in [3.05, 3.63) is 16.1 Å². The quantitative estimate of drug-likeness (QED) is 0.806. The summed E-state index contributed by atoms with van der Waals surface area (Å²) in [6.07, 6.45) is 0.956. The molecule has 0 amide bonds. The van der Waals surface area contributed by atoms with Crippen LogP contribution in [0, 0.1) is 6.92 Å². The summed E-state index contributed by atoms with van der Waals surface area (Å²) in [5.41, 5.74) is 1.00. The SMILES string of the molecule is CCCN(CC(=O)O)Cc1nc(C)cs1. The van der Waals surface area contributed by atoms with Gasteiger partial charge in [0, 0.05) is 11.1 Å². The minimum Gasteiger partial charge on any atom is -0.480 e. The molecule has 5 heteroatoms. The van der Waals surface area contributed by atoms with Crippen molar-refractivity contribution in [3.63, 3.8) is 0 Å². The van der Waals surface area contributed by atoms with Crippen LogP contribution in [0.1, 0.15) is 24.0 Å². The molecule has 0 atom stereocenters. The lowest BCUT2D eigenvalue weighted by Crippen LogP contribution is -2.30. The number of carboxylic acid groups (broad SMARTS) is 1. The number of aromatic nitrogens is 1. The summed E-state index contributed by atoms with van der Waals surface area (Å²) in [6, 6.07) is 0. The van der Waals surface area contributed by atoms with Gasteiger partial charge in [-0.2, -0.15) is 0 Å². The number of thiazole rings is 1. The molecule has 0 radical (unpaired) electrons. The Morgan fingerprint density at radius 3 is 2.87 bits per heavy atom. The van der Waals surface area contributed by atoms with Crippen molar-refractivity contribution in [2.75, 3.05) is 13.1 Å². The third-order valence-electron chi connectivity index (χ3n) is 1.92. The Kier molecular flexibility index (Phi) is 4.71. The first kappa shape index (κ1) is 12.1. The van der Waals surface area contributed by atoms with E-state index in [1.165, 1.54) is 0 Å². The third-order valence-corrected chi connectivity index (χ3v) is 2.88. The molecule has 1 heterocycles. The summed E-state index contributed by atoms with van der Waals surface area (Å²) < 4.78 is 0. The van der Waals surface area contributed by atoms with Gasteiger partial charge in [0.05, 0.1) is 13.1 Å². The molecule has 1 rings (SSSR count). The molecule has 0 aliphatic carbocycles. The van der Waals surface area contributed by atoms with E-state index in [1.54, 1.807) is 11.3 Å². The molecule has 15 heavy (non-hydrogen) atoms. The lowest BCUT2D eigenvalue weighted by molar-refractivity contribution is -0.138. The van der Waals surface area contributed by atoms with E-state index >= 15 is 0 Å². The van der Waals surface area contributed by atoms with Crippen LogP contribution in [0.4, 0.5) is 0 Å². The monoisotopic (exact) mass is 228 g/mol. The maximum absolute atomic E-state index is 10.6. The standard InChI is InChI=1S/C10H16N2O2S/c1-3-4-12(6-10(13)14)5-9-11-8(2)7-15-9/h7H,3-6H2,1-2H3,(H,13,14). The molecule has 0 fully saturated rings. The maximum Gasteiger partial charge on any atom is 0.317 e. The lowest BCUT2D eigenvalue weighted by Gasteiger charge is -2.17. The fourth-order valence-corrected chi connectivity index (χ4v) is 2.20. The number of aryl methyl sites for hydroxylation is 1. The van der Waals surface area contributed by atoms with Crippen molar-refractivity contribution in [1.29, 1.82) is 0 Å². The highest BCUT2D eigenvalue weighted by Crippen LogP contribution is 2.11. The van der Waals surface area contributed by atoms with Gasteiger partial charge in [-0.05, 0) is 19.9 Å². The van der Waals surface area contributed by atoms with Gasteiger partial charge in [0.2, 0.25) is 0 Å². The van der Waals surface area contributed by atoms with Crippen molar-refractivity contribution in [3.8, 4) is 0 Å². The molecule has 0 saturated heterocycles. The zero-order chi connectivity index (χ0) is 11.3. The number of aliphatic carboxylic acids is 1. The van der Waals surface area contributed by atoms with Gasteiger partial charge in [-0.3, -0.25) is 9.69 Å². The third kappa shape index (κ3) is 4.40. The summed E-state index contributed by atoms with van der Waals surface area (Å²) in [5.74, 6) is -0.781. The summed E-state index contributed by atoms with van der Waals surface area (Å²) in [4.78, 5) is 16.8. The van der Waals surface area contributed by atoms with Crippen LogP contribution >= 0.6 is 11.3 Å². The molecule has 1 aromatic rings. The van der Waals surface area contributed by atoms with Gasteiger partial charge in [0.15, 0.2) is 0 Å². The Labute approximate surface area is 93.6 Å². The topological polar surface area (TPSA) is 53.4 Å². The van der Waals surface area contributed by atoms with E-state index in [0.717, 1.165) is 23.7 Å². The highest BCUT2D eigenvalue weighted by Gasteiger charge is 2.10. The molecule has 0 aromatic carbocycles. The Hall–Kier alpha value is -0.940. The highest BCUT2D eigenvalue weighted by molar-refractivity contribution is 7.09. The smallest absolute Gasteiger partial charge is 0.317 e. The van der Waals surface area contributed by atoms with Gasteiger partial charge < -0.3 is 5.11 Å². The number of hydrogen-bond acceptors (Lipinski definition) is 4.